The van der Waals surface area contributed by atoms with Crippen LogP contribution in [0.3, 0.4) is 0 Å². The van der Waals surface area contributed by atoms with Crippen LogP contribution in [0.25, 0.3) is 0 Å². The standard InChI is InChI=1S/C22H31N5O4/c28-20(25-8-3-1-2-4-9-25)17-24-10-12-26(13-11-24)21(29)23-18-6-5-7-19(16-18)27-14-15-31-22(27)30/h5-7,16H,1-4,8-15,17H2,(H,23,29). The van der Waals surface area contributed by atoms with Gasteiger partial charge < -0.3 is 19.9 Å². The molecule has 0 aliphatic carbocycles. The lowest BCUT2D eigenvalue weighted by molar-refractivity contribution is -0.132. The zero-order valence-electron chi connectivity index (χ0n) is 17.9. The van der Waals surface area contributed by atoms with Gasteiger partial charge in [0.05, 0.1) is 13.1 Å². The monoisotopic (exact) mass is 429 g/mol. The van der Waals surface area contributed by atoms with Gasteiger partial charge in [-0.1, -0.05) is 18.9 Å². The van der Waals surface area contributed by atoms with E-state index in [0.29, 0.717) is 57.3 Å². The van der Waals surface area contributed by atoms with Crippen LogP contribution in [0.2, 0.25) is 0 Å². The maximum Gasteiger partial charge on any atom is 0.414 e. The molecule has 3 aliphatic rings. The molecule has 4 amide bonds. The summed E-state index contributed by atoms with van der Waals surface area (Å²) in [4.78, 5) is 44.5. The third kappa shape index (κ3) is 5.46. The second kappa shape index (κ2) is 10.00. The summed E-state index contributed by atoms with van der Waals surface area (Å²) in [6.45, 7) is 5.59. The van der Waals surface area contributed by atoms with Crippen molar-refractivity contribution >= 4 is 29.4 Å². The summed E-state index contributed by atoms with van der Waals surface area (Å²) in [7, 11) is 0. The van der Waals surface area contributed by atoms with Gasteiger partial charge in [-0.2, -0.15) is 0 Å². The molecule has 3 heterocycles. The Hall–Kier alpha value is -2.81. The van der Waals surface area contributed by atoms with Crippen molar-refractivity contribution in [3.8, 4) is 0 Å². The first kappa shape index (κ1) is 21.4. The first-order valence-corrected chi connectivity index (χ1v) is 11.2. The van der Waals surface area contributed by atoms with E-state index >= 15 is 0 Å². The molecule has 4 rings (SSSR count). The predicted molar refractivity (Wildman–Crippen MR) is 117 cm³/mol. The Morgan fingerprint density at radius 1 is 0.903 bits per heavy atom. The molecule has 1 N–H and O–H groups in total. The Kier molecular flexibility index (Phi) is 6.91. The molecule has 0 unspecified atom stereocenters. The molecule has 0 aromatic heterocycles. The first-order valence-electron chi connectivity index (χ1n) is 11.2. The van der Waals surface area contributed by atoms with Crippen LogP contribution in [0.5, 0.6) is 0 Å². The number of piperazine rings is 1. The van der Waals surface area contributed by atoms with E-state index in [-0.39, 0.29) is 18.0 Å². The third-order valence-electron chi connectivity index (χ3n) is 6.15. The Bertz CT molecular complexity index is 801. The zero-order chi connectivity index (χ0) is 21.6. The van der Waals surface area contributed by atoms with Gasteiger partial charge in [-0.05, 0) is 31.0 Å². The lowest BCUT2D eigenvalue weighted by Crippen LogP contribution is -2.52. The van der Waals surface area contributed by atoms with Crippen LogP contribution in [-0.4, -0.2) is 91.7 Å². The lowest BCUT2D eigenvalue weighted by Gasteiger charge is -2.35. The number of nitrogens with one attached hydrogen (secondary N) is 1. The number of amides is 4. The van der Waals surface area contributed by atoms with E-state index in [2.05, 4.69) is 10.2 Å². The summed E-state index contributed by atoms with van der Waals surface area (Å²) in [6.07, 6.45) is 4.25. The van der Waals surface area contributed by atoms with Crippen LogP contribution in [0.4, 0.5) is 21.0 Å². The van der Waals surface area contributed by atoms with Crippen LogP contribution in [0.15, 0.2) is 24.3 Å². The Labute approximate surface area is 182 Å². The van der Waals surface area contributed by atoms with Crippen LogP contribution >= 0.6 is 0 Å². The molecule has 1 aromatic rings. The minimum Gasteiger partial charge on any atom is -0.447 e. The number of nitrogens with zero attached hydrogens (tertiary/aromatic N) is 4. The molecule has 0 bridgehead atoms. The van der Waals surface area contributed by atoms with Gasteiger partial charge in [-0.15, -0.1) is 0 Å². The van der Waals surface area contributed by atoms with Crippen LogP contribution in [-0.2, 0) is 9.53 Å². The van der Waals surface area contributed by atoms with E-state index in [4.69, 9.17) is 4.74 Å². The molecule has 0 radical (unpaired) electrons. The number of rotatable bonds is 4. The van der Waals surface area contributed by atoms with Crippen molar-refractivity contribution in [1.82, 2.24) is 14.7 Å². The molecule has 3 fully saturated rings. The highest BCUT2D eigenvalue weighted by Crippen LogP contribution is 2.22. The molecular weight excluding hydrogens is 398 g/mol. The molecule has 3 saturated heterocycles. The van der Waals surface area contributed by atoms with Crippen LogP contribution < -0.4 is 10.2 Å². The molecule has 168 valence electrons. The molecule has 0 atom stereocenters. The fourth-order valence-electron chi connectivity index (χ4n) is 4.30. The van der Waals surface area contributed by atoms with E-state index in [1.165, 1.54) is 12.8 Å². The number of cyclic esters (lactones) is 1. The smallest absolute Gasteiger partial charge is 0.414 e. The molecule has 1 aromatic carbocycles. The minimum atomic E-state index is -0.366. The van der Waals surface area contributed by atoms with Gasteiger partial charge in [-0.3, -0.25) is 14.6 Å². The summed E-state index contributed by atoms with van der Waals surface area (Å²) in [5.41, 5.74) is 1.35. The summed E-state index contributed by atoms with van der Waals surface area (Å²) < 4.78 is 4.98. The predicted octanol–water partition coefficient (Wildman–Crippen LogP) is 2.20. The van der Waals surface area contributed by atoms with E-state index in [9.17, 15) is 14.4 Å². The second-order valence-electron chi connectivity index (χ2n) is 8.30. The van der Waals surface area contributed by atoms with Crippen LogP contribution in [0, 0.1) is 0 Å². The van der Waals surface area contributed by atoms with Crippen molar-refractivity contribution in [3.63, 3.8) is 0 Å². The number of anilines is 2. The number of urea groups is 1. The number of likely N-dealkylation sites (tertiary alicyclic amines) is 1. The highest BCUT2D eigenvalue weighted by molar-refractivity contribution is 5.93. The largest absolute Gasteiger partial charge is 0.447 e. The molecular formula is C22H31N5O4. The van der Waals surface area contributed by atoms with E-state index in [1.807, 2.05) is 17.0 Å². The number of ether oxygens (including phenoxy) is 1. The van der Waals surface area contributed by atoms with Crippen molar-refractivity contribution < 1.29 is 19.1 Å². The first-order chi connectivity index (χ1) is 15.1. The van der Waals surface area contributed by atoms with Gasteiger partial charge in [0.15, 0.2) is 0 Å². The quantitative estimate of drug-likeness (QED) is 0.793. The highest BCUT2D eigenvalue weighted by atomic mass is 16.6. The van der Waals surface area contributed by atoms with Crippen molar-refractivity contribution in [2.75, 3.05) is 69.2 Å². The lowest BCUT2D eigenvalue weighted by atomic mass is 10.2. The second-order valence-corrected chi connectivity index (χ2v) is 8.30. The van der Waals surface area contributed by atoms with E-state index in [1.54, 1.807) is 21.9 Å². The number of hydrogen-bond donors (Lipinski definition) is 1. The minimum absolute atomic E-state index is 0.167. The maximum atomic E-state index is 12.7. The highest BCUT2D eigenvalue weighted by Gasteiger charge is 2.26. The van der Waals surface area contributed by atoms with Gasteiger partial charge in [-0.25, -0.2) is 9.59 Å². The summed E-state index contributed by atoms with van der Waals surface area (Å²) in [5, 5.41) is 2.92. The van der Waals surface area contributed by atoms with Gasteiger partial charge in [0.2, 0.25) is 5.91 Å². The van der Waals surface area contributed by atoms with Gasteiger partial charge >= 0.3 is 12.1 Å². The normalized spacial score (nSPS) is 20.4. The molecule has 0 saturated carbocycles. The Morgan fingerprint density at radius 3 is 2.32 bits per heavy atom. The maximum absolute atomic E-state index is 12.7. The van der Waals surface area contributed by atoms with Gasteiger partial charge in [0.1, 0.15) is 6.61 Å². The topological polar surface area (TPSA) is 85.4 Å². The summed E-state index contributed by atoms with van der Waals surface area (Å²) in [5.74, 6) is 0.206. The Morgan fingerprint density at radius 2 is 1.65 bits per heavy atom. The average molecular weight is 430 g/mol. The number of carbonyl (C=O) groups is 3. The average Bonchev–Trinajstić information content (AvgIpc) is 3.03. The van der Waals surface area contributed by atoms with Gasteiger partial charge in [0, 0.05) is 50.6 Å². The van der Waals surface area contributed by atoms with E-state index in [0.717, 1.165) is 25.9 Å². The molecule has 31 heavy (non-hydrogen) atoms. The third-order valence-corrected chi connectivity index (χ3v) is 6.15. The molecule has 0 spiro atoms. The van der Waals surface area contributed by atoms with Crippen molar-refractivity contribution in [2.45, 2.75) is 25.7 Å². The number of hydrogen-bond acceptors (Lipinski definition) is 5. The number of benzene rings is 1. The van der Waals surface area contributed by atoms with Gasteiger partial charge in [0.25, 0.3) is 0 Å². The fourth-order valence-corrected chi connectivity index (χ4v) is 4.30. The van der Waals surface area contributed by atoms with Crippen molar-refractivity contribution in [1.29, 1.82) is 0 Å². The Balaban J connectivity index is 1.25. The molecule has 9 heteroatoms. The van der Waals surface area contributed by atoms with E-state index < -0.39 is 0 Å². The van der Waals surface area contributed by atoms with Crippen molar-refractivity contribution in [2.24, 2.45) is 0 Å². The fraction of sp³-hybridized carbons (Fsp3) is 0.591. The summed E-state index contributed by atoms with van der Waals surface area (Å²) in [6, 6.07) is 7.05. The van der Waals surface area contributed by atoms with Crippen molar-refractivity contribution in [3.05, 3.63) is 24.3 Å². The SMILES string of the molecule is O=C(CN1CCN(C(=O)Nc2cccc(N3CCOC3=O)c2)CC1)N1CCCCCC1. The molecule has 3 aliphatic heterocycles. The molecule has 9 nitrogen and oxygen atoms in total. The van der Waals surface area contributed by atoms with Crippen LogP contribution in [0.1, 0.15) is 25.7 Å². The summed E-state index contributed by atoms with van der Waals surface area (Å²) >= 11 is 0. The number of carbonyl (C=O) groups excluding carboxylic acids is 3. The zero-order valence-corrected chi connectivity index (χ0v) is 17.9.